The summed E-state index contributed by atoms with van der Waals surface area (Å²) in [7, 11) is 0. The predicted molar refractivity (Wildman–Crippen MR) is 69.9 cm³/mol. The Kier molecular flexibility index (Phi) is 3.97. The molecule has 0 saturated heterocycles. The molecule has 21 heavy (non-hydrogen) atoms. The summed E-state index contributed by atoms with van der Waals surface area (Å²) in [4.78, 5) is 15.8. The predicted octanol–water partition coefficient (Wildman–Crippen LogP) is 2.95. The molecule has 8 heteroatoms. The summed E-state index contributed by atoms with van der Waals surface area (Å²) in [5, 5.41) is 8.62. The van der Waals surface area contributed by atoms with Gasteiger partial charge in [0, 0.05) is 12.1 Å². The second-order valence-electron chi connectivity index (χ2n) is 4.44. The minimum absolute atomic E-state index is 0.0424. The number of H-pyrrole nitrogens is 1. The first kappa shape index (κ1) is 15.0. The van der Waals surface area contributed by atoms with E-state index >= 15 is 0 Å². The zero-order valence-electron chi connectivity index (χ0n) is 11.4. The molecule has 0 unspecified atom stereocenters. The third-order valence-electron chi connectivity index (χ3n) is 2.87. The molecule has 1 aromatic carbocycles. The molecule has 5 nitrogen and oxygen atoms in total. The topological polar surface area (TPSA) is 70.7 Å². The van der Waals surface area contributed by atoms with Crippen molar-refractivity contribution < 1.29 is 18.0 Å². The number of carbonyl (C=O) groups is 1. The van der Waals surface area contributed by atoms with Crippen molar-refractivity contribution in [3.05, 3.63) is 41.0 Å². The zero-order chi connectivity index (χ0) is 15.6. The lowest BCUT2D eigenvalue weighted by Gasteiger charge is -2.12. The molecule has 2 N–H and O–H groups in total. The van der Waals surface area contributed by atoms with Crippen LogP contribution in [0.2, 0.25) is 0 Å². The number of nitrogens with one attached hydrogen (secondary N) is 2. The Balaban J connectivity index is 2.21. The Labute approximate surface area is 118 Å². The summed E-state index contributed by atoms with van der Waals surface area (Å²) in [5.41, 5.74) is -0.656. The van der Waals surface area contributed by atoms with Gasteiger partial charge in [-0.1, -0.05) is 13.0 Å². The number of aromatic nitrogens is 3. The van der Waals surface area contributed by atoms with Gasteiger partial charge in [0.15, 0.2) is 0 Å². The number of hydrogen-bond acceptors (Lipinski definition) is 3. The third kappa shape index (κ3) is 3.39. The fourth-order valence-corrected chi connectivity index (χ4v) is 1.75. The third-order valence-corrected chi connectivity index (χ3v) is 2.87. The highest BCUT2D eigenvalue weighted by molar-refractivity contribution is 6.01. The van der Waals surface area contributed by atoms with Crippen molar-refractivity contribution in [2.45, 2.75) is 26.4 Å². The number of rotatable bonds is 3. The summed E-state index contributed by atoms with van der Waals surface area (Å²) < 4.78 is 38.4. The lowest BCUT2D eigenvalue weighted by atomic mass is 10.1. The molecule has 0 radical (unpaired) electrons. The van der Waals surface area contributed by atoms with Gasteiger partial charge in [-0.3, -0.25) is 9.89 Å². The second-order valence-corrected chi connectivity index (χ2v) is 4.44. The van der Waals surface area contributed by atoms with Gasteiger partial charge in [-0.05, 0) is 24.6 Å². The van der Waals surface area contributed by atoms with E-state index < -0.39 is 17.6 Å². The molecule has 1 aromatic heterocycles. The highest BCUT2D eigenvalue weighted by Gasteiger charge is 2.32. The van der Waals surface area contributed by atoms with Crippen molar-refractivity contribution in [3.63, 3.8) is 0 Å². The van der Waals surface area contributed by atoms with Crippen LogP contribution in [0.3, 0.4) is 0 Å². The molecular formula is C13H13F3N4O. The number of alkyl halides is 3. The van der Waals surface area contributed by atoms with Crippen LogP contribution in [-0.4, -0.2) is 21.1 Å². The van der Waals surface area contributed by atoms with E-state index in [0.717, 1.165) is 6.07 Å². The average Bonchev–Trinajstić information content (AvgIpc) is 2.88. The zero-order valence-corrected chi connectivity index (χ0v) is 11.4. The van der Waals surface area contributed by atoms with Crippen LogP contribution in [0.4, 0.5) is 18.9 Å². The van der Waals surface area contributed by atoms with Crippen molar-refractivity contribution in [2.24, 2.45) is 0 Å². The number of aromatic amines is 1. The maximum atomic E-state index is 12.8. The summed E-state index contributed by atoms with van der Waals surface area (Å²) in [6, 6.07) is 3.59. The van der Waals surface area contributed by atoms with E-state index in [9.17, 15) is 18.0 Å². The first-order valence-corrected chi connectivity index (χ1v) is 6.21. The maximum absolute atomic E-state index is 12.8. The highest BCUT2D eigenvalue weighted by atomic mass is 19.4. The summed E-state index contributed by atoms with van der Waals surface area (Å²) in [6.45, 7) is 3.19. The van der Waals surface area contributed by atoms with E-state index in [1.165, 1.54) is 19.1 Å². The van der Waals surface area contributed by atoms with Crippen LogP contribution >= 0.6 is 0 Å². The van der Waals surface area contributed by atoms with Gasteiger partial charge in [0.1, 0.15) is 5.82 Å². The molecule has 0 atom stereocenters. The smallest absolute Gasteiger partial charge is 0.319 e. The molecular weight excluding hydrogens is 285 g/mol. The average molecular weight is 298 g/mol. The van der Waals surface area contributed by atoms with Gasteiger partial charge in [0.2, 0.25) is 5.82 Å². The SMILES string of the molecule is CCc1nc(C(=O)Nc2ccc(C)c(C(F)(F)F)c2)n[nH]1. The van der Waals surface area contributed by atoms with Gasteiger partial charge in [-0.2, -0.15) is 13.2 Å². The molecule has 2 aromatic rings. The minimum Gasteiger partial charge on any atom is -0.319 e. The fourth-order valence-electron chi connectivity index (χ4n) is 1.75. The quantitative estimate of drug-likeness (QED) is 0.915. The van der Waals surface area contributed by atoms with E-state index in [2.05, 4.69) is 20.5 Å². The Morgan fingerprint density at radius 2 is 2.10 bits per heavy atom. The van der Waals surface area contributed by atoms with Crippen LogP contribution in [0.5, 0.6) is 0 Å². The molecule has 1 amide bonds. The number of nitrogens with zero attached hydrogens (tertiary/aromatic N) is 2. The van der Waals surface area contributed by atoms with Gasteiger partial charge >= 0.3 is 6.18 Å². The molecule has 1 heterocycles. The summed E-state index contributed by atoms with van der Waals surface area (Å²) in [6.07, 6.45) is -3.90. The van der Waals surface area contributed by atoms with Crippen LogP contribution in [-0.2, 0) is 12.6 Å². The number of anilines is 1. The maximum Gasteiger partial charge on any atom is 0.416 e. The Hall–Kier alpha value is -2.38. The molecule has 0 saturated carbocycles. The van der Waals surface area contributed by atoms with Crippen LogP contribution in [0, 0.1) is 6.92 Å². The second kappa shape index (κ2) is 5.55. The Bertz CT molecular complexity index is 664. The molecule has 2 rings (SSSR count). The molecule has 0 spiro atoms. The highest BCUT2D eigenvalue weighted by Crippen LogP contribution is 2.33. The standard InChI is InChI=1S/C13H13F3N4O/c1-3-10-18-11(20-19-10)12(21)17-8-5-4-7(2)9(6-8)13(14,15)16/h4-6H,3H2,1-2H3,(H,17,21)(H,18,19,20). The Morgan fingerprint density at radius 3 is 2.67 bits per heavy atom. The minimum atomic E-state index is -4.47. The summed E-state index contributed by atoms with van der Waals surface area (Å²) in [5.74, 6) is -0.246. The van der Waals surface area contributed by atoms with Crippen molar-refractivity contribution in [2.75, 3.05) is 5.32 Å². The first-order valence-electron chi connectivity index (χ1n) is 6.21. The number of halogens is 3. The van der Waals surface area contributed by atoms with Gasteiger partial charge in [-0.15, -0.1) is 5.10 Å². The van der Waals surface area contributed by atoms with E-state index in [1.54, 1.807) is 0 Å². The van der Waals surface area contributed by atoms with E-state index in [0.29, 0.717) is 12.2 Å². The van der Waals surface area contributed by atoms with Crippen molar-refractivity contribution in [3.8, 4) is 0 Å². The normalized spacial score (nSPS) is 11.5. The van der Waals surface area contributed by atoms with Crippen LogP contribution < -0.4 is 5.32 Å². The largest absolute Gasteiger partial charge is 0.416 e. The first-order chi connectivity index (χ1) is 9.81. The summed E-state index contributed by atoms with van der Waals surface area (Å²) >= 11 is 0. The van der Waals surface area contributed by atoms with Crippen molar-refractivity contribution >= 4 is 11.6 Å². The molecule has 0 aliphatic carbocycles. The van der Waals surface area contributed by atoms with Gasteiger partial charge in [0.25, 0.3) is 5.91 Å². The molecule has 0 aliphatic heterocycles. The number of benzene rings is 1. The van der Waals surface area contributed by atoms with E-state index in [1.807, 2.05) is 6.92 Å². The lowest BCUT2D eigenvalue weighted by molar-refractivity contribution is -0.138. The number of carbonyl (C=O) groups excluding carboxylic acids is 1. The van der Waals surface area contributed by atoms with Crippen molar-refractivity contribution in [1.29, 1.82) is 0 Å². The van der Waals surface area contributed by atoms with Gasteiger partial charge < -0.3 is 5.32 Å². The number of amides is 1. The number of hydrogen-bond donors (Lipinski definition) is 2. The lowest BCUT2D eigenvalue weighted by Crippen LogP contribution is -2.15. The molecule has 0 bridgehead atoms. The van der Waals surface area contributed by atoms with E-state index in [-0.39, 0.29) is 17.1 Å². The number of aryl methyl sites for hydroxylation is 2. The molecule has 0 aliphatic rings. The van der Waals surface area contributed by atoms with Crippen molar-refractivity contribution in [1.82, 2.24) is 15.2 Å². The van der Waals surface area contributed by atoms with Crippen LogP contribution in [0.25, 0.3) is 0 Å². The van der Waals surface area contributed by atoms with Gasteiger partial charge in [-0.25, -0.2) is 4.98 Å². The monoisotopic (exact) mass is 298 g/mol. The van der Waals surface area contributed by atoms with Crippen LogP contribution in [0.15, 0.2) is 18.2 Å². The van der Waals surface area contributed by atoms with Gasteiger partial charge in [0.05, 0.1) is 5.56 Å². The molecule has 112 valence electrons. The Morgan fingerprint density at radius 1 is 1.38 bits per heavy atom. The van der Waals surface area contributed by atoms with Crippen LogP contribution in [0.1, 0.15) is 34.5 Å². The fraction of sp³-hybridized carbons (Fsp3) is 0.308. The molecule has 0 fully saturated rings. The van der Waals surface area contributed by atoms with E-state index in [4.69, 9.17) is 0 Å².